The summed E-state index contributed by atoms with van der Waals surface area (Å²) in [6, 6.07) is 7.06. The van der Waals surface area contributed by atoms with Crippen LogP contribution < -0.4 is 10.2 Å². The van der Waals surface area contributed by atoms with Crippen molar-refractivity contribution < 1.29 is 19.1 Å². The van der Waals surface area contributed by atoms with E-state index in [4.69, 9.17) is 9.84 Å². The highest BCUT2D eigenvalue weighted by Crippen LogP contribution is 2.43. The molecule has 1 aromatic carbocycles. The number of ether oxygens (including phenoxy) is 1. The van der Waals surface area contributed by atoms with Crippen molar-refractivity contribution >= 4 is 34.5 Å². The van der Waals surface area contributed by atoms with Crippen LogP contribution in [0.5, 0.6) is 0 Å². The van der Waals surface area contributed by atoms with E-state index in [0.717, 1.165) is 68.7 Å². The van der Waals surface area contributed by atoms with E-state index in [9.17, 15) is 14.4 Å². The van der Waals surface area contributed by atoms with Gasteiger partial charge in [-0.1, -0.05) is 0 Å². The molecule has 10 heteroatoms. The highest BCUT2D eigenvalue weighted by Gasteiger charge is 2.41. The molecular formula is C34H50N6O4. The normalized spacial score (nSPS) is 24.5. The van der Waals surface area contributed by atoms with E-state index in [1.54, 1.807) is 0 Å². The topological polar surface area (TPSA) is 100 Å². The van der Waals surface area contributed by atoms with Crippen molar-refractivity contribution in [1.82, 2.24) is 24.9 Å². The van der Waals surface area contributed by atoms with Crippen LogP contribution in [0.1, 0.15) is 90.7 Å². The van der Waals surface area contributed by atoms with Gasteiger partial charge in [0.05, 0.1) is 17.1 Å². The van der Waals surface area contributed by atoms with E-state index in [1.165, 1.54) is 31.4 Å². The fraction of sp³-hybridized carbons (Fsp3) is 0.706. The maximum absolute atomic E-state index is 12.5. The lowest BCUT2D eigenvalue weighted by molar-refractivity contribution is -0.134. The average molecular weight is 607 g/mol. The van der Waals surface area contributed by atoms with Gasteiger partial charge in [-0.15, -0.1) is 0 Å². The van der Waals surface area contributed by atoms with Crippen molar-refractivity contribution in [3.63, 3.8) is 0 Å². The Morgan fingerprint density at radius 2 is 1.66 bits per heavy atom. The molecule has 0 bridgehead atoms. The van der Waals surface area contributed by atoms with Gasteiger partial charge in [0.1, 0.15) is 5.60 Å². The molecule has 2 aromatic rings. The van der Waals surface area contributed by atoms with E-state index in [2.05, 4.69) is 40.2 Å². The summed E-state index contributed by atoms with van der Waals surface area (Å²) < 4.78 is 7.48. The van der Waals surface area contributed by atoms with Gasteiger partial charge in [-0.25, -0.2) is 4.79 Å². The number of likely N-dealkylation sites (tertiary alicyclic amines) is 2. The Morgan fingerprint density at radius 1 is 1.00 bits per heavy atom. The van der Waals surface area contributed by atoms with Crippen LogP contribution in [0, 0.1) is 11.3 Å². The molecule has 6 rings (SSSR count). The number of fused-ring (bicyclic) bond motifs is 1. The molecule has 1 unspecified atom stereocenters. The SMILES string of the molecule is C[C@H](C1CCN(c2ccc3c(C4CCC(=O)NC4=O)nn(C)c3c2)CC1)N1CCC2(CCN(C(=O)OC(C)(C)C)CC2)CC1. The predicted octanol–water partition coefficient (Wildman–Crippen LogP) is 4.81. The number of anilines is 1. The second kappa shape index (κ2) is 12.0. The number of imide groups is 1. The summed E-state index contributed by atoms with van der Waals surface area (Å²) in [5.41, 5.74) is 2.93. The number of hydrogen-bond acceptors (Lipinski definition) is 7. The van der Waals surface area contributed by atoms with Crippen LogP contribution in [0.15, 0.2) is 18.2 Å². The molecule has 10 nitrogen and oxygen atoms in total. The molecule has 3 amide bonds. The zero-order valence-electron chi connectivity index (χ0n) is 27.2. The number of amides is 3. The van der Waals surface area contributed by atoms with Crippen molar-refractivity contribution in [3.8, 4) is 0 Å². The fourth-order valence-electron chi connectivity index (χ4n) is 8.02. The van der Waals surface area contributed by atoms with Gasteiger partial charge in [0.25, 0.3) is 0 Å². The van der Waals surface area contributed by atoms with Gasteiger partial charge in [-0.3, -0.25) is 19.6 Å². The van der Waals surface area contributed by atoms with Crippen LogP contribution >= 0.6 is 0 Å². The zero-order valence-corrected chi connectivity index (χ0v) is 27.2. The molecule has 0 saturated carbocycles. The molecule has 1 spiro atoms. The highest BCUT2D eigenvalue weighted by atomic mass is 16.6. The Kier molecular flexibility index (Phi) is 8.41. The largest absolute Gasteiger partial charge is 0.444 e. The second-order valence-electron chi connectivity index (χ2n) is 14.8. The van der Waals surface area contributed by atoms with Crippen molar-refractivity contribution in [2.24, 2.45) is 18.4 Å². The zero-order chi connectivity index (χ0) is 31.2. The average Bonchev–Trinajstić information content (AvgIpc) is 3.32. The van der Waals surface area contributed by atoms with Crippen molar-refractivity contribution in [3.05, 3.63) is 23.9 Å². The molecular weight excluding hydrogens is 556 g/mol. The van der Waals surface area contributed by atoms with E-state index >= 15 is 0 Å². The first kappa shape index (κ1) is 30.9. The minimum atomic E-state index is -0.444. The van der Waals surface area contributed by atoms with E-state index < -0.39 is 5.60 Å². The third-order valence-corrected chi connectivity index (χ3v) is 10.9. The van der Waals surface area contributed by atoms with Gasteiger partial charge in [0.2, 0.25) is 11.8 Å². The van der Waals surface area contributed by atoms with Gasteiger partial charge in [0, 0.05) is 56.8 Å². The summed E-state index contributed by atoms with van der Waals surface area (Å²) in [6.07, 6.45) is 7.68. The van der Waals surface area contributed by atoms with Gasteiger partial charge < -0.3 is 19.4 Å². The number of aryl methyl sites for hydroxylation is 1. The Morgan fingerprint density at radius 3 is 2.30 bits per heavy atom. The molecule has 240 valence electrons. The number of aromatic nitrogens is 2. The highest BCUT2D eigenvalue weighted by molar-refractivity contribution is 6.02. The standard InChI is InChI=1S/C34H50N6O4/c1-23(38-18-12-34(13-19-38)14-20-40(21-15-34)32(43)44-33(2,3)4)24-10-16-39(17-11-24)25-6-7-26-28(22-25)37(5)36-30(26)27-8-9-29(41)35-31(27)42/h6-7,22-24,27H,8-21H2,1-5H3,(H,35,41,42)/t23-,27?/m1/s1. The quantitative estimate of drug-likeness (QED) is 0.499. The van der Waals surface area contributed by atoms with E-state index in [1.807, 2.05) is 37.4 Å². The van der Waals surface area contributed by atoms with Gasteiger partial charge in [0.15, 0.2) is 0 Å². The Hall–Kier alpha value is -3.14. The summed E-state index contributed by atoms with van der Waals surface area (Å²) >= 11 is 0. The summed E-state index contributed by atoms with van der Waals surface area (Å²) in [7, 11) is 1.93. The second-order valence-corrected chi connectivity index (χ2v) is 14.8. The molecule has 4 saturated heterocycles. The molecule has 44 heavy (non-hydrogen) atoms. The van der Waals surface area contributed by atoms with Crippen molar-refractivity contribution in [2.45, 2.75) is 96.6 Å². The van der Waals surface area contributed by atoms with Crippen LogP contribution in [-0.2, 0) is 21.4 Å². The first-order chi connectivity index (χ1) is 20.9. The predicted molar refractivity (Wildman–Crippen MR) is 171 cm³/mol. The minimum absolute atomic E-state index is 0.165. The number of carbonyl (C=O) groups is 3. The van der Waals surface area contributed by atoms with Gasteiger partial charge in [-0.2, -0.15) is 5.10 Å². The first-order valence-corrected chi connectivity index (χ1v) is 16.7. The van der Waals surface area contributed by atoms with Crippen molar-refractivity contribution in [2.75, 3.05) is 44.2 Å². The maximum atomic E-state index is 12.5. The third kappa shape index (κ3) is 6.32. The summed E-state index contributed by atoms with van der Waals surface area (Å²) in [6.45, 7) is 14.2. The summed E-state index contributed by atoms with van der Waals surface area (Å²) in [5, 5.41) is 8.18. The number of nitrogens with zero attached hydrogens (tertiary/aromatic N) is 5. The van der Waals surface area contributed by atoms with E-state index in [0.29, 0.717) is 30.2 Å². The summed E-state index contributed by atoms with van der Waals surface area (Å²) in [5.74, 6) is -0.134. The molecule has 5 heterocycles. The lowest BCUT2D eigenvalue weighted by Gasteiger charge is -2.49. The molecule has 0 radical (unpaired) electrons. The van der Waals surface area contributed by atoms with Crippen LogP contribution in [0.25, 0.3) is 10.9 Å². The Labute approximate surface area is 261 Å². The number of piperidine rings is 4. The van der Waals surface area contributed by atoms with Crippen LogP contribution in [0.4, 0.5) is 10.5 Å². The first-order valence-electron chi connectivity index (χ1n) is 16.7. The Bertz CT molecular complexity index is 1390. The van der Waals surface area contributed by atoms with Gasteiger partial charge in [-0.05, 0) is 115 Å². The maximum Gasteiger partial charge on any atom is 0.410 e. The van der Waals surface area contributed by atoms with Crippen molar-refractivity contribution in [1.29, 1.82) is 0 Å². The number of nitrogens with one attached hydrogen (secondary N) is 1. The smallest absolute Gasteiger partial charge is 0.410 e. The van der Waals surface area contributed by atoms with Crippen LogP contribution in [-0.4, -0.2) is 88.4 Å². The lowest BCUT2D eigenvalue weighted by Crippen LogP contribution is -2.52. The minimum Gasteiger partial charge on any atom is -0.444 e. The van der Waals surface area contributed by atoms with Crippen LogP contribution in [0.2, 0.25) is 0 Å². The van der Waals surface area contributed by atoms with E-state index in [-0.39, 0.29) is 23.8 Å². The lowest BCUT2D eigenvalue weighted by atomic mass is 9.70. The molecule has 4 aliphatic heterocycles. The molecule has 2 atom stereocenters. The molecule has 1 N–H and O–H groups in total. The van der Waals surface area contributed by atoms with Gasteiger partial charge >= 0.3 is 6.09 Å². The van der Waals surface area contributed by atoms with Crippen LogP contribution in [0.3, 0.4) is 0 Å². The number of hydrogen-bond donors (Lipinski definition) is 1. The third-order valence-electron chi connectivity index (χ3n) is 10.9. The molecule has 0 aliphatic carbocycles. The number of rotatable bonds is 4. The fourth-order valence-corrected chi connectivity index (χ4v) is 8.02. The summed E-state index contributed by atoms with van der Waals surface area (Å²) in [4.78, 5) is 43.8. The Balaban J connectivity index is 1.00. The molecule has 1 aromatic heterocycles. The molecule has 4 aliphatic rings. The molecule has 4 fully saturated rings. The number of benzene rings is 1. The number of carbonyl (C=O) groups excluding carboxylic acids is 3. The monoisotopic (exact) mass is 606 g/mol.